The molecule has 0 radical (unpaired) electrons. The molecule has 8 nitrogen and oxygen atoms in total. The van der Waals surface area contributed by atoms with Crippen LogP contribution in [0.25, 0.3) is 10.9 Å². The number of anilines is 2. The zero-order valence-corrected chi connectivity index (χ0v) is 24.4. The highest BCUT2D eigenvalue weighted by Crippen LogP contribution is 2.39. The van der Waals surface area contributed by atoms with Crippen LogP contribution in [0.5, 0.6) is 0 Å². The normalized spacial score (nSPS) is 17.9. The van der Waals surface area contributed by atoms with E-state index < -0.39 is 5.82 Å². The average molecular weight is 570 g/mol. The van der Waals surface area contributed by atoms with Gasteiger partial charge in [-0.2, -0.15) is 0 Å². The summed E-state index contributed by atoms with van der Waals surface area (Å²) in [5, 5.41) is 7.42. The third-order valence-electron chi connectivity index (χ3n) is 8.55. The van der Waals surface area contributed by atoms with Gasteiger partial charge in [0.25, 0.3) is 0 Å². The van der Waals surface area contributed by atoms with E-state index in [1.807, 2.05) is 32.4 Å². The van der Waals surface area contributed by atoms with Crippen molar-refractivity contribution in [3.8, 4) is 0 Å². The number of hydrogen-bond donors (Lipinski definition) is 3. The van der Waals surface area contributed by atoms with Gasteiger partial charge in [0.2, 0.25) is 0 Å². The monoisotopic (exact) mass is 569 g/mol. The van der Waals surface area contributed by atoms with Crippen LogP contribution in [0.1, 0.15) is 60.3 Å². The predicted octanol–water partition coefficient (Wildman–Crippen LogP) is 5.00. The predicted molar refractivity (Wildman–Crippen MR) is 166 cm³/mol. The minimum absolute atomic E-state index is 0.0201. The second kappa shape index (κ2) is 12.2. The summed E-state index contributed by atoms with van der Waals surface area (Å²) < 4.78 is 16.9. The fourth-order valence-electron chi connectivity index (χ4n) is 6.32. The molecule has 42 heavy (non-hydrogen) atoms. The molecule has 3 aromatic heterocycles. The molecule has 4 N–H and O–H groups in total. The van der Waals surface area contributed by atoms with Gasteiger partial charge < -0.3 is 25.8 Å². The number of piperidine rings is 1. The number of hydrogen-bond acceptors (Lipinski definition) is 7. The highest BCUT2D eigenvalue weighted by atomic mass is 19.1. The zero-order valence-electron chi connectivity index (χ0n) is 24.4. The summed E-state index contributed by atoms with van der Waals surface area (Å²) >= 11 is 0. The van der Waals surface area contributed by atoms with Gasteiger partial charge in [0.05, 0.1) is 28.5 Å². The summed E-state index contributed by atoms with van der Waals surface area (Å²) in [5.74, 6) is -0.109. The standard InChI is InChI=1S/C33H40FN7O/c1-21-5-6-28(18-38-21)40-13-3-4-24(19-40)31(23-9-11-36-22(2)14-23)39-17-25-20-41(27-7-8-27)32-29(33(25)42)15-26(34)16-30(32)37-12-10-35/h5-6,9,11,14-16,18,20,24,27,31,37,39H,3-4,7-8,10,12-13,17,19,35H2,1-2H3/t24-,31?/m0/s1. The Kier molecular flexibility index (Phi) is 8.22. The van der Waals surface area contributed by atoms with Crippen LogP contribution in [-0.2, 0) is 6.54 Å². The molecule has 1 aliphatic heterocycles. The number of nitrogens with one attached hydrogen (secondary N) is 2. The molecule has 0 amide bonds. The van der Waals surface area contributed by atoms with Crippen molar-refractivity contribution >= 4 is 22.3 Å². The van der Waals surface area contributed by atoms with Gasteiger partial charge in [0.15, 0.2) is 5.43 Å². The lowest BCUT2D eigenvalue weighted by atomic mass is 9.86. The van der Waals surface area contributed by atoms with Crippen LogP contribution in [0.15, 0.2) is 59.8 Å². The third-order valence-corrected chi connectivity index (χ3v) is 8.55. The second-order valence-corrected chi connectivity index (χ2v) is 11.8. The van der Waals surface area contributed by atoms with Gasteiger partial charge in [0, 0.05) is 74.2 Å². The van der Waals surface area contributed by atoms with Crippen LogP contribution < -0.4 is 26.7 Å². The third kappa shape index (κ3) is 6.03. The van der Waals surface area contributed by atoms with E-state index in [4.69, 9.17) is 5.73 Å². The van der Waals surface area contributed by atoms with Gasteiger partial charge in [-0.1, -0.05) is 0 Å². The molecule has 220 valence electrons. The summed E-state index contributed by atoms with van der Waals surface area (Å²) in [4.78, 5) is 25.2. The minimum Gasteiger partial charge on any atom is -0.382 e. The van der Waals surface area contributed by atoms with E-state index >= 15 is 0 Å². The molecule has 4 aromatic rings. The number of fused-ring (bicyclic) bond motifs is 1. The molecule has 4 heterocycles. The van der Waals surface area contributed by atoms with Gasteiger partial charge in [-0.05, 0) is 87.4 Å². The first-order valence-corrected chi connectivity index (χ1v) is 15.1. The van der Waals surface area contributed by atoms with Crippen LogP contribution in [-0.4, -0.2) is 40.7 Å². The van der Waals surface area contributed by atoms with Crippen LogP contribution in [0, 0.1) is 25.6 Å². The number of halogens is 1. The van der Waals surface area contributed by atoms with E-state index in [9.17, 15) is 9.18 Å². The number of aryl methyl sites for hydroxylation is 2. The molecule has 6 rings (SSSR count). The quantitative estimate of drug-likeness (QED) is 0.247. The largest absolute Gasteiger partial charge is 0.382 e. The van der Waals surface area contributed by atoms with Crippen molar-refractivity contribution in [2.75, 3.05) is 36.4 Å². The van der Waals surface area contributed by atoms with Crippen molar-refractivity contribution in [3.63, 3.8) is 0 Å². The Morgan fingerprint density at radius 1 is 1.10 bits per heavy atom. The molecule has 9 heteroatoms. The van der Waals surface area contributed by atoms with E-state index in [0.29, 0.717) is 48.2 Å². The Bertz CT molecular complexity index is 1620. The fraction of sp³-hybridized carbons (Fsp3) is 0.424. The number of pyridine rings is 3. The van der Waals surface area contributed by atoms with E-state index in [0.717, 1.165) is 61.4 Å². The van der Waals surface area contributed by atoms with Crippen molar-refractivity contribution < 1.29 is 4.39 Å². The maximum absolute atomic E-state index is 14.7. The molecule has 2 aliphatic rings. The van der Waals surface area contributed by atoms with Crippen LogP contribution >= 0.6 is 0 Å². The van der Waals surface area contributed by atoms with E-state index in [-0.39, 0.29) is 11.5 Å². The van der Waals surface area contributed by atoms with Gasteiger partial charge in [-0.25, -0.2) is 4.39 Å². The Morgan fingerprint density at radius 3 is 2.69 bits per heavy atom. The SMILES string of the molecule is Cc1ccc(N2CCC[C@H](C(NCc3cn(C4CC4)c4c(NCCN)cc(F)cc4c3=O)c3ccnc(C)c3)C2)cn1. The molecule has 2 atom stereocenters. The summed E-state index contributed by atoms with van der Waals surface area (Å²) in [5.41, 5.74) is 11.9. The van der Waals surface area contributed by atoms with Crippen molar-refractivity contribution in [1.82, 2.24) is 19.9 Å². The molecule has 2 fully saturated rings. The smallest absolute Gasteiger partial charge is 0.194 e. The molecular weight excluding hydrogens is 529 g/mol. The lowest BCUT2D eigenvalue weighted by molar-refractivity contribution is 0.307. The number of rotatable bonds is 10. The van der Waals surface area contributed by atoms with Gasteiger partial charge in [-0.15, -0.1) is 0 Å². The Hall–Kier alpha value is -3.82. The van der Waals surface area contributed by atoms with Crippen LogP contribution in [0.4, 0.5) is 15.8 Å². The van der Waals surface area contributed by atoms with Crippen molar-refractivity contribution in [1.29, 1.82) is 0 Å². The molecule has 1 aliphatic carbocycles. The summed E-state index contributed by atoms with van der Waals surface area (Å²) in [6.07, 6.45) is 10.0. The molecule has 1 saturated carbocycles. The summed E-state index contributed by atoms with van der Waals surface area (Å²) in [6.45, 7) is 7.20. The molecule has 1 aromatic carbocycles. The maximum atomic E-state index is 14.7. The van der Waals surface area contributed by atoms with Gasteiger partial charge >= 0.3 is 0 Å². The lowest BCUT2D eigenvalue weighted by Crippen LogP contribution is -2.42. The van der Waals surface area contributed by atoms with Gasteiger partial charge in [0.1, 0.15) is 5.82 Å². The Balaban J connectivity index is 1.33. The lowest BCUT2D eigenvalue weighted by Gasteiger charge is -2.39. The molecule has 0 bridgehead atoms. The van der Waals surface area contributed by atoms with Crippen molar-refractivity contribution in [2.45, 2.75) is 58.2 Å². The first kappa shape index (κ1) is 28.3. The Morgan fingerprint density at radius 2 is 1.95 bits per heavy atom. The van der Waals surface area contributed by atoms with E-state index in [1.54, 1.807) is 0 Å². The number of nitrogens with two attached hydrogens (primary N) is 1. The first-order valence-electron chi connectivity index (χ1n) is 15.1. The number of aromatic nitrogens is 3. The van der Waals surface area contributed by atoms with Crippen LogP contribution in [0.3, 0.4) is 0 Å². The van der Waals surface area contributed by atoms with Gasteiger partial charge in [-0.3, -0.25) is 14.8 Å². The molecular formula is C33H40FN7O. The maximum Gasteiger partial charge on any atom is 0.194 e. The highest BCUT2D eigenvalue weighted by molar-refractivity contribution is 5.91. The highest BCUT2D eigenvalue weighted by Gasteiger charge is 2.30. The first-order chi connectivity index (χ1) is 20.4. The van der Waals surface area contributed by atoms with E-state index in [2.05, 4.69) is 54.3 Å². The topological polar surface area (TPSA) is 101 Å². The van der Waals surface area contributed by atoms with E-state index in [1.165, 1.54) is 17.7 Å². The van der Waals surface area contributed by atoms with Crippen molar-refractivity contribution in [2.24, 2.45) is 11.7 Å². The fourth-order valence-corrected chi connectivity index (χ4v) is 6.32. The average Bonchev–Trinajstić information content (AvgIpc) is 3.83. The zero-order chi connectivity index (χ0) is 29.2. The Labute approximate surface area is 246 Å². The van der Waals surface area contributed by atoms with Crippen molar-refractivity contribution in [3.05, 3.63) is 93.5 Å². The number of nitrogens with zero attached hydrogens (tertiary/aromatic N) is 4. The second-order valence-electron chi connectivity index (χ2n) is 11.8. The molecule has 1 unspecified atom stereocenters. The minimum atomic E-state index is -0.426. The molecule has 1 saturated heterocycles. The summed E-state index contributed by atoms with van der Waals surface area (Å²) in [7, 11) is 0. The number of benzene rings is 1. The molecule has 0 spiro atoms. The summed E-state index contributed by atoms with van der Waals surface area (Å²) in [6, 6.07) is 11.6. The van der Waals surface area contributed by atoms with Crippen LogP contribution in [0.2, 0.25) is 0 Å².